The van der Waals surface area contributed by atoms with Crippen LogP contribution in [0.3, 0.4) is 0 Å². The Morgan fingerprint density at radius 3 is 2.45 bits per heavy atom. The number of benzene rings is 2. The Labute approximate surface area is 132 Å². The molecule has 0 saturated carbocycles. The van der Waals surface area contributed by atoms with Crippen molar-refractivity contribution in [3.8, 4) is 0 Å². The number of nitrogens with one attached hydrogen (secondary N) is 2. The molecule has 0 spiro atoms. The minimum Gasteiger partial charge on any atom is -0.338 e. The van der Waals surface area contributed by atoms with Crippen LogP contribution in [-0.4, -0.2) is 12.6 Å². The van der Waals surface area contributed by atoms with Gasteiger partial charge in [0.1, 0.15) is 0 Å². The number of aryl methyl sites for hydroxylation is 3. The fraction of sp³-hybridized carbons (Fsp3) is 0.316. The van der Waals surface area contributed by atoms with Crippen molar-refractivity contribution in [2.45, 2.75) is 33.7 Å². The average Bonchev–Trinajstić information content (AvgIpc) is 2.47. The lowest BCUT2D eigenvalue weighted by atomic mass is 10.0. The summed E-state index contributed by atoms with van der Waals surface area (Å²) in [4.78, 5) is 11.8. The van der Waals surface area contributed by atoms with Crippen molar-refractivity contribution in [1.82, 2.24) is 10.6 Å². The van der Waals surface area contributed by atoms with Gasteiger partial charge in [-0.3, -0.25) is 0 Å². The van der Waals surface area contributed by atoms with Crippen LogP contribution in [0, 0.1) is 20.8 Å². The molecule has 0 heterocycles. The largest absolute Gasteiger partial charge is 0.338 e. The molecule has 0 aromatic heterocycles. The molecule has 0 atom stereocenters. The van der Waals surface area contributed by atoms with E-state index in [-0.39, 0.29) is 6.03 Å². The topological polar surface area (TPSA) is 41.1 Å². The van der Waals surface area contributed by atoms with E-state index in [0.717, 1.165) is 12.0 Å². The first-order chi connectivity index (χ1) is 10.5. The van der Waals surface area contributed by atoms with Crippen LogP contribution in [0.5, 0.6) is 0 Å². The van der Waals surface area contributed by atoms with Crippen LogP contribution in [0.1, 0.15) is 27.8 Å². The van der Waals surface area contributed by atoms with E-state index in [4.69, 9.17) is 0 Å². The maximum absolute atomic E-state index is 11.8. The van der Waals surface area contributed by atoms with E-state index in [1.54, 1.807) is 0 Å². The van der Waals surface area contributed by atoms with Gasteiger partial charge in [0.15, 0.2) is 0 Å². The Kier molecular flexibility index (Phi) is 5.59. The molecule has 0 unspecified atom stereocenters. The Hall–Kier alpha value is -2.29. The number of urea groups is 1. The molecule has 0 bridgehead atoms. The molecule has 0 radical (unpaired) electrons. The molecule has 0 aliphatic heterocycles. The van der Waals surface area contributed by atoms with Gasteiger partial charge >= 0.3 is 6.03 Å². The summed E-state index contributed by atoms with van der Waals surface area (Å²) in [5.74, 6) is 0. The van der Waals surface area contributed by atoms with Crippen molar-refractivity contribution in [2.75, 3.05) is 6.54 Å². The van der Waals surface area contributed by atoms with Crippen molar-refractivity contribution in [3.05, 3.63) is 70.3 Å². The van der Waals surface area contributed by atoms with Crippen LogP contribution < -0.4 is 10.6 Å². The molecule has 0 aliphatic carbocycles. The lowest BCUT2D eigenvalue weighted by Gasteiger charge is -2.10. The quantitative estimate of drug-likeness (QED) is 0.868. The van der Waals surface area contributed by atoms with Crippen LogP contribution in [-0.2, 0) is 13.0 Å². The first kappa shape index (κ1) is 16.1. The Morgan fingerprint density at radius 2 is 1.73 bits per heavy atom. The highest BCUT2D eigenvalue weighted by molar-refractivity contribution is 5.73. The van der Waals surface area contributed by atoms with Gasteiger partial charge in [0, 0.05) is 13.1 Å². The molecule has 116 valence electrons. The number of rotatable bonds is 5. The molecular formula is C19H24N2O. The Morgan fingerprint density at radius 1 is 0.955 bits per heavy atom. The summed E-state index contributed by atoms with van der Waals surface area (Å²) in [5, 5.41) is 5.79. The van der Waals surface area contributed by atoms with Gasteiger partial charge in [-0.2, -0.15) is 0 Å². The van der Waals surface area contributed by atoms with Gasteiger partial charge in [0.25, 0.3) is 0 Å². The van der Waals surface area contributed by atoms with Crippen molar-refractivity contribution in [1.29, 1.82) is 0 Å². The van der Waals surface area contributed by atoms with E-state index in [9.17, 15) is 4.79 Å². The van der Waals surface area contributed by atoms with Crippen LogP contribution >= 0.6 is 0 Å². The Balaban J connectivity index is 1.74. The highest BCUT2D eigenvalue weighted by Gasteiger charge is 2.02. The molecule has 2 aromatic rings. The van der Waals surface area contributed by atoms with Gasteiger partial charge in [-0.15, -0.1) is 0 Å². The standard InChI is InChI=1S/C19H24N2O/c1-14-5-4-6-17(12-14)13-21-19(22)20-10-9-18-8-7-15(2)11-16(18)3/h4-8,11-12H,9-10,13H2,1-3H3,(H2,20,21,22). The maximum Gasteiger partial charge on any atom is 0.315 e. The summed E-state index contributed by atoms with van der Waals surface area (Å²) < 4.78 is 0. The smallest absolute Gasteiger partial charge is 0.315 e. The summed E-state index contributed by atoms with van der Waals surface area (Å²) in [6.45, 7) is 7.45. The molecule has 2 rings (SSSR count). The third-order valence-corrected chi connectivity index (χ3v) is 3.71. The minimum absolute atomic E-state index is 0.119. The average molecular weight is 296 g/mol. The summed E-state index contributed by atoms with van der Waals surface area (Å²) >= 11 is 0. The molecule has 3 nitrogen and oxygen atoms in total. The van der Waals surface area contributed by atoms with Crippen molar-refractivity contribution >= 4 is 6.03 Å². The number of hydrogen-bond donors (Lipinski definition) is 2. The van der Waals surface area contributed by atoms with E-state index >= 15 is 0 Å². The van der Waals surface area contributed by atoms with E-state index in [1.165, 1.54) is 22.3 Å². The molecule has 0 saturated heterocycles. The van der Waals surface area contributed by atoms with Crippen molar-refractivity contribution < 1.29 is 4.79 Å². The zero-order chi connectivity index (χ0) is 15.9. The second-order valence-corrected chi connectivity index (χ2v) is 5.78. The van der Waals surface area contributed by atoms with E-state index in [0.29, 0.717) is 13.1 Å². The zero-order valence-electron chi connectivity index (χ0n) is 13.6. The minimum atomic E-state index is -0.119. The van der Waals surface area contributed by atoms with E-state index in [1.807, 2.05) is 25.1 Å². The summed E-state index contributed by atoms with van der Waals surface area (Å²) in [7, 11) is 0. The van der Waals surface area contributed by atoms with Gasteiger partial charge in [0.2, 0.25) is 0 Å². The van der Waals surface area contributed by atoms with Crippen LogP contribution in [0.2, 0.25) is 0 Å². The highest BCUT2D eigenvalue weighted by Crippen LogP contribution is 2.10. The first-order valence-electron chi connectivity index (χ1n) is 7.68. The van der Waals surface area contributed by atoms with E-state index < -0.39 is 0 Å². The van der Waals surface area contributed by atoms with Gasteiger partial charge in [0.05, 0.1) is 0 Å². The fourth-order valence-corrected chi connectivity index (χ4v) is 2.50. The number of hydrogen-bond acceptors (Lipinski definition) is 1. The zero-order valence-corrected chi connectivity index (χ0v) is 13.6. The third kappa shape index (κ3) is 4.92. The molecule has 0 aliphatic rings. The summed E-state index contributed by atoms with van der Waals surface area (Å²) in [6.07, 6.45) is 0.851. The van der Waals surface area contributed by atoms with Crippen molar-refractivity contribution in [2.24, 2.45) is 0 Å². The van der Waals surface area contributed by atoms with E-state index in [2.05, 4.69) is 48.7 Å². The summed E-state index contributed by atoms with van der Waals surface area (Å²) in [6, 6.07) is 14.5. The second kappa shape index (κ2) is 7.64. The Bertz CT molecular complexity index is 650. The second-order valence-electron chi connectivity index (χ2n) is 5.78. The van der Waals surface area contributed by atoms with Crippen LogP contribution in [0.25, 0.3) is 0 Å². The molecule has 2 aromatic carbocycles. The molecule has 22 heavy (non-hydrogen) atoms. The van der Waals surface area contributed by atoms with Gasteiger partial charge < -0.3 is 10.6 Å². The van der Waals surface area contributed by atoms with Crippen molar-refractivity contribution in [3.63, 3.8) is 0 Å². The lowest BCUT2D eigenvalue weighted by Crippen LogP contribution is -2.36. The van der Waals surface area contributed by atoms with Crippen LogP contribution in [0.4, 0.5) is 4.79 Å². The van der Waals surface area contributed by atoms with Gasteiger partial charge in [-0.05, 0) is 43.9 Å². The molecule has 2 amide bonds. The predicted octanol–water partition coefficient (Wildman–Crippen LogP) is 3.65. The van der Waals surface area contributed by atoms with Gasteiger partial charge in [-0.25, -0.2) is 4.79 Å². The monoisotopic (exact) mass is 296 g/mol. The summed E-state index contributed by atoms with van der Waals surface area (Å²) in [5.41, 5.74) is 6.15. The maximum atomic E-state index is 11.8. The third-order valence-electron chi connectivity index (χ3n) is 3.71. The van der Waals surface area contributed by atoms with Crippen LogP contribution in [0.15, 0.2) is 42.5 Å². The normalized spacial score (nSPS) is 10.3. The molecule has 2 N–H and O–H groups in total. The predicted molar refractivity (Wildman–Crippen MR) is 91.0 cm³/mol. The first-order valence-corrected chi connectivity index (χ1v) is 7.68. The molecular weight excluding hydrogens is 272 g/mol. The molecule has 0 fully saturated rings. The SMILES string of the molecule is Cc1cccc(CNC(=O)NCCc2ccc(C)cc2C)c1. The molecule has 3 heteroatoms. The number of carbonyl (C=O) groups is 1. The van der Waals surface area contributed by atoms with Gasteiger partial charge in [-0.1, -0.05) is 53.6 Å². The lowest BCUT2D eigenvalue weighted by molar-refractivity contribution is 0.240. The highest BCUT2D eigenvalue weighted by atomic mass is 16.2. The number of amides is 2. The number of carbonyl (C=O) groups excluding carboxylic acids is 1. The fourth-order valence-electron chi connectivity index (χ4n) is 2.50.